The number of carbonyl (C=O) groups excluding carboxylic acids is 1. The van der Waals surface area contributed by atoms with Crippen molar-refractivity contribution in [3.63, 3.8) is 0 Å². The highest BCUT2D eigenvalue weighted by atomic mass is 16.2. The van der Waals surface area contributed by atoms with Crippen LogP contribution in [0.25, 0.3) is 10.9 Å². The van der Waals surface area contributed by atoms with E-state index in [1.807, 2.05) is 29.2 Å². The molecule has 1 aliphatic rings. The highest BCUT2D eigenvalue weighted by Gasteiger charge is 2.38. The Bertz CT molecular complexity index is 668. The van der Waals surface area contributed by atoms with Gasteiger partial charge in [-0.15, -0.1) is 0 Å². The highest BCUT2D eigenvalue weighted by molar-refractivity contribution is 5.82. The lowest BCUT2D eigenvalue weighted by molar-refractivity contribution is -0.129. The number of carbonyl (C=O) groups is 1. The molecular weight excluding hydrogens is 262 g/mol. The molecule has 2 N–H and O–H groups in total. The van der Waals surface area contributed by atoms with Gasteiger partial charge < -0.3 is 10.6 Å². The van der Waals surface area contributed by atoms with E-state index in [1.165, 1.54) is 0 Å². The van der Waals surface area contributed by atoms with Crippen LogP contribution in [0.3, 0.4) is 0 Å². The molecule has 2 atom stereocenters. The summed E-state index contributed by atoms with van der Waals surface area (Å²) in [4.78, 5) is 18.5. The van der Waals surface area contributed by atoms with Crippen LogP contribution in [0, 0.1) is 5.92 Å². The van der Waals surface area contributed by atoms with E-state index in [9.17, 15) is 4.79 Å². The first kappa shape index (κ1) is 14.0. The third-order valence-electron chi connectivity index (χ3n) is 4.00. The minimum absolute atomic E-state index is 0.0236. The molecule has 4 nitrogen and oxygen atoms in total. The Hall–Kier alpha value is -1.94. The van der Waals surface area contributed by atoms with Crippen molar-refractivity contribution < 1.29 is 4.79 Å². The number of pyridine rings is 1. The number of hydrogen-bond acceptors (Lipinski definition) is 3. The maximum atomic E-state index is 12.2. The van der Waals surface area contributed by atoms with E-state index in [2.05, 4.69) is 24.9 Å². The number of amides is 1. The quantitative estimate of drug-likeness (QED) is 0.941. The molecule has 110 valence electrons. The number of likely N-dealkylation sites (tertiary alicyclic amines) is 1. The molecule has 1 aromatic heterocycles. The fraction of sp³-hybridized carbons (Fsp3) is 0.412. The average molecular weight is 283 g/mol. The predicted molar refractivity (Wildman–Crippen MR) is 83.6 cm³/mol. The van der Waals surface area contributed by atoms with Gasteiger partial charge in [0.05, 0.1) is 11.6 Å². The minimum Gasteiger partial charge on any atom is -0.334 e. The topological polar surface area (TPSA) is 59.2 Å². The molecule has 4 heteroatoms. The van der Waals surface area contributed by atoms with E-state index >= 15 is 0 Å². The second kappa shape index (κ2) is 5.45. The van der Waals surface area contributed by atoms with Gasteiger partial charge in [0, 0.05) is 30.6 Å². The van der Waals surface area contributed by atoms with Crippen molar-refractivity contribution in [1.29, 1.82) is 0 Å². The van der Waals surface area contributed by atoms with E-state index in [4.69, 9.17) is 5.73 Å². The molecule has 2 unspecified atom stereocenters. The van der Waals surface area contributed by atoms with Crippen molar-refractivity contribution in [2.24, 2.45) is 11.7 Å². The Balaban J connectivity index is 2.00. The first-order chi connectivity index (χ1) is 10.1. The molecular formula is C17H21N3O. The van der Waals surface area contributed by atoms with Crippen molar-refractivity contribution >= 4 is 16.8 Å². The van der Waals surface area contributed by atoms with Crippen LogP contribution in [0.4, 0.5) is 0 Å². The van der Waals surface area contributed by atoms with Crippen LogP contribution >= 0.6 is 0 Å². The van der Waals surface area contributed by atoms with Crippen LogP contribution in [0.2, 0.25) is 0 Å². The number of benzene rings is 1. The van der Waals surface area contributed by atoms with Crippen molar-refractivity contribution in [2.45, 2.75) is 32.4 Å². The zero-order valence-electron chi connectivity index (χ0n) is 12.5. The average Bonchev–Trinajstić information content (AvgIpc) is 2.72. The van der Waals surface area contributed by atoms with Crippen LogP contribution < -0.4 is 5.73 Å². The van der Waals surface area contributed by atoms with Crippen LogP contribution in [0.5, 0.6) is 0 Å². The summed E-state index contributed by atoms with van der Waals surface area (Å²) < 4.78 is 0. The van der Waals surface area contributed by atoms with E-state index in [0.29, 0.717) is 12.3 Å². The molecule has 0 radical (unpaired) electrons. The van der Waals surface area contributed by atoms with Gasteiger partial charge in [0.15, 0.2) is 0 Å². The van der Waals surface area contributed by atoms with Gasteiger partial charge in [0.25, 0.3) is 0 Å². The monoisotopic (exact) mass is 283 g/mol. The summed E-state index contributed by atoms with van der Waals surface area (Å²) in [6, 6.07) is 9.98. The zero-order chi connectivity index (χ0) is 15.0. The van der Waals surface area contributed by atoms with Gasteiger partial charge in [0.1, 0.15) is 0 Å². The molecule has 1 aromatic carbocycles. The molecule has 1 aliphatic heterocycles. The lowest BCUT2D eigenvalue weighted by Crippen LogP contribution is -2.35. The molecule has 1 amide bonds. The molecule has 1 saturated heterocycles. The Morgan fingerprint density at radius 3 is 2.95 bits per heavy atom. The predicted octanol–water partition coefficient (Wildman–Crippen LogP) is 2.49. The molecule has 21 heavy (non-hydrogen) atoms. The van der Waals surface area contributed by atoms with E-state index in [0.717, 1.165) is 23.0 Å². The summed E-state index contributed by atoms with van der Waals surface area (Å²) in [6.07, 6.45) is 2.22. The summed E-state index contributed by atoms with van der Waals surface area (Å²) in [7, 11) is 0. The van der Waals surface area contributed by atoms with Gasteiger partial charge in [-0.05, 0) is 29.7 Å². The molecule has 0 saturated carbocycles. The van der Waals surface area contributed by atoms with Crippen molar-refractivity contribution in [3.05, 3.63) is 42.1 Å². The third-order valence-corrected chi connectivity index (χ3v) is 4.00. The normalized spacial score (nSPS) is 22.5. The van der Waals surface area contributed by atoms with E-state index in [1.54, 1.807) is 6.20 Å². The van der Waals surface area contributed by atoms with Gasteiger partial charge in [-0.25, -0.2) is 0 Å². The Morgan fingerprint density at radius 2 is 2.19 bits per heavy atom. The SMILES string of the molecule is CC(C)CN1C(=O)CC(N)C1c1ccc2ncccc2c1. The summed E-state index contributed by atoms with van der Waals surface area (Å²) in [6.45, 7) is 5.00. The van der Waals surface area contributed by atoms with Crippen molar-refractivity contribution in [2.75, 3.05) is 6.54 Å². The third kappa shape index (κ3) is 2.63. The second-order valence-electron chi connectivity index (χ2n) is 6.21. The lowest BCUT2D eigenvalue weighted by Gasteiger charge is -2.29. The molecule has 0 aliphatic carbocycles. The molecule has 2 aromatic rings. The Kier molecular flexibility index (Phi) is 3.64. The van der Waals surface area contributed by atoms with Crippen LogP contribution in [0.1, 0.15) is 31.9 Å². The lowest BCUT2D eigenvalue weighted by atomic mass is 9.98. The van der Waals surface area contributed by atoms with Crippen LogP contribution in [0.15, 0.2) is 36.5 Å². The Morgan fingerprint density at radius 1 is 1.38 bits per heavy atom. The molecule has 2 heterocycles. The fourth-order valence-corrected chi connectivity index (χ4v) is 3.13. The summed E-state index contributed by atoms with van der Waals surface area (Å²) in [5.41, 5.74) is 8.31. The summed E-state index contributed by atoms with van der Waals surface area (Å²) in [5, 5.41) is 1.09. The summed E-state index contributed by atoms with van der Waals surface area (Å²) in [5.74, 6) is 0.594. The molecule has 1 fully saturated rings. The number of nitrogens with zero attached hydrogens (tertiary/aromatic N) is 2. The first-order valence-corrected chi connectivity index (χ1v) is 7.46. The van der Waals surface area contributed by atoms with Gasteiger partial charge in [-0.2, -0.15) is 0 Å². The van der Waals surface area contributed by atoms with E-state index < -0.39 is 0 Å². The summed E-state index contributed by atoms with van der Waals surface area (Å²) >= 11 is 0. The maximum absolute atomic E-state index is 12.2. The van der Waals surface area contributed by atoms with E-state index in [-0.39, 0.29) is 18.0 Å². The van der Waals surface area contributed by atoms with Crippen LogP contribution in [-0.4, -0.2) is 28.4 Å². The molecule has 0 spiro atoms. The zero-order valence-corrected chi connectivity index (χ0v) is 12.5. The maximum Gasteiger partial charge on any atom is 0.224 e. The van der Waals surface area contributed by atoms with Gasteiger partial charge in [-0.3, -0.25) is 9.78 Å². The molecule has 3 rings (SSSR count). The Labute approximate surface area is 125 Å². The van der Waals surface area contributed by atoms with Gasteiger partial charge in [-0.1, -0.05) is 26.0 Å². The smallest absolute Gasteiger partial charge is 0.224 e. The largest absolute Gasteiger partial charge is 0.334 e. The van der Waals surface area contributed by atoms with Gasteiger partial charge >= 0.3 is 0 Å². The number of nitrogens with two attached hydrogens (primary N) is 1. The highest BCUT2D eigenvalue weighted by Crippen LogP contribution is 2.33. The van der Waals surface area contributed by atoms with Gasteiger partial charge in [0.2, 0.25) is 5.91 Å². The number of rotatable bonds is 3. The second-order valence-corrected chi connectivity index (χ2v) is 6.21. The first-order valence-electron chi connectivity index (χ1n) is 7.46. The number of hydrogen-bond donors (Lipinski definition) is 1. The standard InChI is InChI=1S/C17H21N3O/c1-11(2)10-20-16(21)9-14(18)17(20)13-5-6-15-12(8-13)4-3-7-19-15/h3-8,11,14,17H,9-10,18H2,1-2H3. The van der Waals surface area contributed by atoms with Crippen molar-refractivity contribution in [1.82, 2.24) is 9.88 Å². The number of fused-ring (bicyclic) bond motifs is 1. The van der Waals surface area contributed by atoms with Crippen molar-refractivity contribution in [3.8, 4) is 0 Å². The molecule has 0 bridgehead atoms. The number of aromatic nitrogens is 1. The van der Waals surface area contributed by atoms with Crippen LogP contribution in [-0.2, 0) is 4.79 Å². The fourth-order valence-electron chi connectivity index (χ4n) is 3.13. The minimum atomic E-state index is -0.134.